The van der Waals surface area contributed by atoms with Gasteiger partial charge in [-0.3, -0.25) is 4.79 Å². The van der Waals surface area contributed by atoms with E-state index in [1.54, 1.807) is 30.6 Å². The summed E-state index contributed by atoms with van der Waals surface area (Å²) in [6, 6.07) is 15.0. The molecule has 1 heterocycles. The van der Waals surface area contributed by atoms with Crippen molar-refractivity contribution < 1.29 is 4.79 Å². The van der Waals surface area contributed by atoms with E-state index in [2.05, 4.69) is 51.4 Å². The normalized spacial score (nSPS) is 12.0. The van der Waals surface area contributed by atoms with Gasteiger partial charge < -0.3 is 10.2 Å². The first-order chi connectivity index (χ1) is 15.5. The van der Waals surface area contributed by atoms with Gasteiger partial charge in [-0.1, -0.05) is 60.5 Å². The SMILES string of the molecule is CCCN(c1ccc(/C=C/CC(C)NC(=O)c2c(Cl)cccc2Cl)cc1)c1ncccn1. The average Bonchev–Trinajstić information content (AvgIpc) is 2.78. The minimum Gasteiger partial charge on any atom is -0.349 e. The molecule has 3 aromatic rings. The van der Waals surface area contributed by atoms with Gasteiger partial charge in [-0.15, -0.1) is 0 Å². The van der Waals surface area contributed by atoms with Gasteiger partial charge in [-0.25, -0.2) is 9.97 Å². The molecule has 1 aromatic heterocycles. The van der Waals surface area contributed by atoms with Crippen LogP contribution >= 0.6 is 23.2 Å². The van der Waals surface area contributed by atoms with E-state index in [-0.39, 0.29) is 11.9 Å². The number of carbonyl (C=O) groups is 1. The number of rotatable bonds is 9. The van der Waals surface area contributed by atoms with Crippen LogP contribution in [0.4, 0.5) is 11.6 Å². The maximum Gasteiger partial charge on any atom is 0.254 e. The maximum absolute atomic E-state index is 12.5. The van der Waals surface area contributed by atoms with Gasteiger partial charge in [0.15, 0.2) is 0 Å². The van der Waals surface area contributed by atoms with Crippen LogP contribution in [0.25, 0.3) is 6.08 Å². The third kappa shape index (κ3) is 6.31. The largest absolute Gasteiger partial charge is 0.349 e. The van der Waals surface area contributed by atoms with E-state index in [1.807, 2.05) is 25.1 Å². The van der Waals surface area contributed by atoms with Gasteiger partial charge in [0.2, 0.25) is 5.95 Å². The third-order valence-corrected chi connectivity index (χ3v) is 5.44. The number of anilines is 2. The van der Waals surface area contributed by atoms with Crippen LogP contribution in [0.15, 0.2) is 67.0 Å². The Bertz CT molecular complexity index is 1040. The van der Waals surface area contributed by atoms with E-state index < -0.39 is 0 Å². The smallest absolute Gasteiger partial charge is 0.254 e. The number of aromatic nitrogens is 2. The lowest BCUT2D eigenvalue weighted by molar-refractivity contribution is 0.0941. The summed E-state index contributed by atoms with van der Waals surface area (Å²) < 4.78 is 0. The molecule has 0 bridgehead atoms. The van der Waals surface area contributed by atoms with Crippen molar-refractivity contribution in [2.75, 3.05) is 11.4 Å². The average molecular weight is 469 g/mol. The van der Waals surface area contributed by atoms with Crippen LogP contribution in [0.5, 0.6) is 0 Å². The predicted molar refractivity (Wildman–Crippen MR) is 133 cm³/mol. The Morgan fingerprint density at radius 2 is 1.72 bits per heavy atom. The molecule has 32 heavy (non-hydrogen) atoms. The molecular formula is C25H26Cl2N4O. The summed E-state index contributed by atoms with van der Waals surface area (Å²) in [6.45, 7) is 4.91. The molecule has 0 aliphatic rings. The molecule has 1 amide bonds. The minimum atomic E-state index is -0.273. The predicted octanol–water partition coefficient (Wildman–Crippen LogP) is 6.55. The first-order valence-corrected chi connectivity index (χ1v) is 11.3. The lowest BCUT2D eigenvalue weighted by atomic mass is 10.1. The topological polar surface area (TPSA) is 58.1 Å². The van der Waals surface area contributed by atoms with E-state index in [4.69, 9.17) is 23.2 Å². The standard InChI is InChI=1S/C25H26Cl2N4O/c1-3-17-31(25-28-15-6-16-29-25)20-13-11-19(12-14-20)8-4-7-18(2)30-24(32)23-21(26)9-5-10-22(23)27/h4-6,8-16,18H,3,7,17H2,1-2H3,(H,30,32)/b8-4+. The molecule has 0 fully saturated rings. The Hall–Kier alpha value is -2.89. The third-order valence-electron chi connectivity index (χ3n) is 4.81. The van der Waals surface area contributed by atoms with Gasteiger partial charge >= 0.3 is 0 Å². The van der Waals surface area contributed by atoms with Gasteiger partial charge in [-0.2, -0.15) is 0 Å². The van der Waals surface area contributed by atoms with Gasteiger partial charge in [0.25, 0.3) is 5.91 Å². The number of hydrogen-bond donors (Lipinski definition) is 1. The van der Waals surface area contributed by atoms with Crippen molar-refractivity contribution in [2.24, 2.45) is 0 Å². The molecule has 0 aliphatic heterocycles. The molecule has 0 aliphatic carbocycles. The van der Waals surface area contributed by atoms with Crippen molar-refractivity contribution in [1.82, 2.24) is 15.3 Å². The second-order valence-electron chi connectivity index (χ2n) is 7.40. The van der Waals surface area contributed by atoms with Gasteiger partial charge in [0.05, 0.1) is 15.6 Å². The highest BCUT2D eigenvalue weighted by Crippen LogP contribution is 2.25. The number of carbonyl (C=O) groups excluding carboxylic acids is 1. The number of benzene rings is 2. The van der Waals surface area contributed by atoms with E-state index in [9.17, 15) is 4.79 Å². The van der Waals surface area contributed by atoms with Crippen molar-refractivity contribution in [3.05, 3.63) is 88.2 Å². The van der Waals surface area contributed by atoms with Crippen molar-refractivity contribution in [2.45, 2.75) is 32.7 Å². The molecule has 1 unspecified atom stereocenters. The number of hydrogen-bond acceptors (Lipinski definition) is 4. The van der Waals surface area contributed by atoms with Gasteiger partial charge in [-0.05, 0) is 55.7 Å². The maximum atomic E-state index is 12.5. The van der Waals surface area contributed by atoms with Crippen LogP contribution < -0.4 is 10.2 Å². The molecule has 0 saturated carbocycles. The quantitative estimate of drug-likeness (QED) is 0.386. The second-order valence-corrected chi connectivity index (χ2v) is 8.22. The Morgan fingerprint density at radius 1 is 1.06 bits per heavy atom. The summed E-state index contributed by atoms with van der Waals surface area (Å²) in [5.74, 6) is 0.422. The molecule has 0 saturated heterocycles. The highest BCUT2D eigenvalue weighted by molar-refractivity contribution is 6.39. The summed E-state index contributed by atoms with van der Waals surface area (Å²) in [7, 11) is 0. The molecular weight excluding hydrogens is 443 g/mol. The zero-order chi connectivity index (χ0) is 22.9. The van der Waals surface area contributed by atoms with E-state index in [0.29, 0.717) is 28.0 Å². The van der Waals surface area contributed by atoms with E-state index in [0.717, 1.165) is 24.2 Å². The molecule has 1 N–H and O–H groups in total. The molecule has 3 rings (SSSR count). The zero-order valence-electron chi connectivity index (χ0n) is 18.1. The van der Waals surface area contributed by atoms with E-state index in [1.165, 1.54) is 0 Å². The van der Waals surface area contributed by atoms with Crippen molar-refractivity contribution in [1.29, 1.82) is 0 Å². The summed E-state index contributed by atoms with van der Waals surface area (Å²) in [5, 5.41) is 3.63. The highest BCUT2D eigenvalue weighted by atomic mass is 35.5. The Labute approximate surface area is 199 Å². The first kappa shape index (κ1) is 23.8. The molecule has 5 nitrogen and oxygen atoms in total. The molecule has 166 valence electrons. The Kier molecular flexibility index (Phi) is 8.65. The van der Waals surface area contributed by atoms with Crippen molar-refractivity contribution in [3.63, 3.8) is 0 Å². The van der Waals surface area contributed by atoms with Crippen LogP contribution in [0, 0.1) is 0 Å². The minimum absolute atomic E-state index is 0.0689. The van der Waals surface area contributed by atoms with Crippen molar-refractivity contribution >= 4 is 46.8 Å². The van der Waals surface area contributed by atoms with Gasteiger partial charge in [0, 0.05) is 30.7 Å². The lowest BCUT2D eigenvalue weighted by Crippen LogP contribution is -2.32. The number of nitrogens with one attached hydrogen (secondary N) is 1. The van der Waals surface area contributed by atoms with E-state index >= 15 is 0 Å². The Balaban J connectivity index is 1.59. The summed E-state index contributed by atoms with van der Waals surface area (Å²) in [4.78, 5) is 23.3. The van der Waals surface area contributed by atoms with Crippen LogP contribution in [0.3, 0.4) is 0 Å². The number of amides is 1. The van der Waals surface area contributed by atoms with Crippen LogP contribution in [0.1, 0.15) is 42.6 Å². The van der Waals surface area contributed by atoms with Gasteiger partial charge in [0.1, 0.15) is 0 Å². The highest BCUT2D eigenvalue weighted by Gasteiger charge is 2.16. The van der Waals surface area contributed by atoms with Crippen LogP contribution in [0.2, 0.25) is 10.0 Å². The number of nitrogens with zero attached hydrogens (tertiary/aromatic N) is 3. The number of halogens is 2. The first-order valence-electron chi connectivity index (χ1n) is 10.6. The fraction of sp³-hybridized carbons (Fsp3) is 0.240. The second kappa shape index (κ2) is 11.7. The fourth-order valence-electron chi connectivity index (χ4n) is 3.24. The molecule has 1 atom stereocenters. The van der Waals surface area contributed by atoms with Crippen LogP contribution in [-0.2, 0) is 0 Å². The zero-order valence-corrected chi connectivity index (χ0v) is 19.6. The van der Waals surface area contributed by atoms with Crippen molar-refractivity contribution in [3.8, 4) is 0 Å². The molecule has 0 spiro atoms. The summed E-state index contributed by atoms with van der Waals surface area (Å²) >= 11 is 12.2. The van der Waals surface area contributed by atoms with Crippen LogP contribution in [-0.4, -0.2) is 28.5 Å². The summed E-state index contributed by atoms with van der Waals surface area (Å²) in [5.41, 5.74) is 2.43. The summed E-state index contributed by atoms with van der Waals surface area (Å²) in [6.07, 6.45) is 9.25. The Morgan fingerprint density at radius 3 is 2.34 bits per heavy atom. The monoisotopic (exact) mass is 468 g/mol. The fourth-order valence-corrected chi connectivity index (χ4v) is 3.81. The lowest BCUT2D eigenvalue weighted by Gasteiger charge is -2.22. The molecule has 7 heteroatoms. The molecule has 0 radical (unpaired) electrons. The molecule has 2 aromatic carbocycles.